The molecule has 0 spiro atoms. The topological polar surface area (TPSA) is 74.3 Å². The van der Waals surface area contributed by atoms with Crippen molar-refractivity contribution < 1.29 is 28.5 Å². The van der Waals surface area contributed by atoms with Gasteiger partial charge < -0.3 is 23.8 Å². The summed E-state index contributed by atoms with van der Waals surface area (Å²) in [6.07, 6.45) is 6.92. The number of nitrogens with zero attached hydrogens (tertiary/aromatic N) is 1. The molecule has 0 aliphatic rings. The number of carbonyl (C=O) groups is 2. The molecule has 222 valence electrons. The normalized spacial score (nSPS) is 10.9. The Morgan fingerprint density at radius 1 is 0.800 bits per heavy atom. The Kier molecular flexibility index (Phi) is 16.4. The molecule has 0 fully saturated rings. The molecule has 0 saturated heterocycles. The van der Waals surface area contributed by atoms with E-state index in [-0.39, 0.29) is 11.9 Å². The quantitative estimate of drug-likeness (QED) is 0.118. The molecule has 8 heteroatoms. The van der Waals surface area contributed by atoms with Crippen molar-refractivity contribution >= 4 is 27.9 Å². The van der Waals surface area contributed by atoms with Gasteiger partial charge >= 0.3 is 11.9 Å². The van der Waals surface area contributed by atoms with Crippen LogP contribution in [0.2, 0.25) is 0 Å². The highest BCUT2D eigenvalue weighted by molar-refractivity contribution is 9.10. The van der Waals surface area contributed by atoms with Gasteiger partial charge in [-0.2, -0.15) is 0 Å². The van der Waals surface area contributed by atoms with Crippen LogP contribution in [0.5, 0.6) is 11.5 Å². The second-order valence-electron chi connectivity index (χ2n) is 10.0. The number of carbonyl (C=O) groups excluding carboxylic acids is 2. The Hall–Kier alpha value is -2.58. The molecule has 0 atom stereocenters. The number of ether oxygens (including phenoxy) is 4. The first-order chi connectivity index (χ1) is 19.3. The Balaban J connectivity index is 1.85. The minimum Gasteiger partial charge on any atom is -0.494 e. The molecule has 0 saturated carbocycles. The maximum absolute atomic E-state index is 12.1. The Labute approximate surface area is 248 Å². The molecule has 0 aromatic heterocycles. The van der Waals surface area contributed by atoms with Crippen LogP contribution in [0.3, 0.4) is 0 Å². The lowest BCUT2D eigenvalue weighted by molar-refractivity contribution is -0.144. The van der Waals surface area contributed by atoms with Gasteiger partial charge in [0.15, 0.2) is 0 Å². The van der Waals surface area contributed by atoms with E-state index in [4.69, 9.17) is 18.9 Å². The molecule has 0 amide bonds. The average molecular weight is 621 g/mol. The molecule has 40 heavy (non-hydrogen) atoms. The third-order valence-electron chi connectivity index (χ3n) is 6.24. The van der Waals surface area contributed by atoms with Gasteiger partial charge in [0.05, 0.1) is 26.4 Å². The summed E-state index contributed by atoms with van der Waals surface area (Å²) >= 11 is 3.58. The van der Waals surface area contributed by atoms with Gasteiger partial charge in [0.25, 0.3) is 0 Å². The van der Waals surface area contributed by atoms with Crippen molar-refractivity contribution in [3.8, 4) is 11.5 Å². The fraction of sp³-hybridized carbons (Fsp3) is 0.562. The first-order valence-electron chi connectivity index (χ1n) is 14.4. The van der Waals surface area contributed by atoms with Gasteiger partial charge in [0.2, 0.25) is 0 Å². The highest BCUT2D eigenvalue weighted by Crippen LogP contribution is 2.27. The van der Waals surface area contributed by atoms with Crippen LogP contribution < -0.4 is 9.47 Å². The number of esters is 2. The maximum Gasteiger partial charge on any atom is 0.306 e. The molecular formula is C32H46BrNO6. The van der Waals surface area contributed by atoms with Crippen LogP contribution in [-0.4, -0.2) is 57.4 Å². The SMILES string of the molecule is CCOC(=O)CCCOc1cccc(CCCCCCOc2cc(Br)cc(CN(C)C)c2)c1CCC(=O)OCC. The zero-order valence-corrected chi connectivity index (χ0v) is 26.2. The van der Waals surface area contributed by atoms with Crippen LogP contribution in [0, 0.1) is 0 Å². The van der Waals surface area contributed by atoms with Crippen molar-refractivity contribution in [2.75, 3.05) is 40.5 Å². The second-order valence-corrected chi connectivity index (χ2v) is 10.9. The van der Waals surface area contributed by atoms with Gasteiger partial charge in [-0.3, -0.25) is 9.59 Å². The Bertz CT molecular complexity index is 1040. The molecule has 7 nitrogen and oxygen atoms in total. The molecule has 0 radical (unpaired) electrons. The molecule has 0 bridgehead atoms. The summed E-state index contributed by atoms with van der Waals surface area (Å²) in [5.74, 6) is 1.27. The van der Waals surface area contributed by atoms with Gasteiger partial charge in [0, 0.05) is 23.9 Å². The summed E-state index contributed by atoms with van der Waals surface area (Å²) in [5.41, 5.74) is 3.47. The van der Waals surface area contributed by atoms with E-state index in [1.54, 1.807) is 6.92 Å². The van der Waals surface area contributed by atoms with Gasteiger partial charge in [0.1, 0.15) is 11.5 Å². The van der Waals surface area contributed by atoms with Crippen molar-refractivity contribution in [2.24, 2.45) is 0 Å². The van der Waals surface area contributed by atoms with E-state index in [1.165, 1.54) is 11.1 Å². The van der Waals surface area contributed by atoms with E-state index in [1.807, 2.05) is 25.1 Å². The lowest BCUT2D eigenvalue weighted by atomic mass is 9.96. The van der Waals surface area contributed by atoms with Crippen LogP contribution in [0.1, 0.15) is 75.5 Å². The lowest BCUT2D eigenvalue weighted by Gasteiger charge is -2.16. The van der Waals surface area contributed by atoms with Gasteiger partial charge in [-0.25, -0.2) is 0 Å². The van der Waals surface area contributed by atoms with Crippen LogP contribution in [0.15, 0.2) is 40.9 Å². The Morgan fingerprint density at radius 2 is 1.50 bits per heavy atom. The minimum atomic E-state index is -0.210. The zero-order chi connectivity index (χ0) is 29.2. The standard InChI is InChI=1S/C32H46BrNO6/c1-5-37-31(35)16-12-20-40-30-15-11-14-26(29(30)17-18-32(36)38-6-2)13-9-7-8-10-19-39-28-22-25(24-34(3)4)21-27(33)23-28/h11,14-15,21-23H,5-10,12-13,16-20,24H2,1-4H3. The van der Waals surface area contributed by atoms with E-state index in [0.29, 0.717) is 52.1 Å². The van der Waals surface area contributed by atoms with Crippen LogP contribution in [-0.2, 0) is 38.4 Å². The highest BCUT2D eigenvalue weighted by Gasteiger charge is 2.13. The van der Waals surface area contributed by atoms with Gasteiger partial charge in [-0.05, 0) is 101 Å². The summed E-state index contributed by atoms with van der Waals surface area (Å²) in [5, 5.41) is 0. The van der Waals surface area contributed by atoms with Gasteiger partial charge in [-0.15, -0.1) is 0 Å². The molecule has 0 N–H and O–H groups in total. The van der Waals surface area contributed by atoms with Crippen molar-refractivity contribution in [1.82, 2.24) is 4.90 Å². The van der Waals surface area contributed by atoms with Crippen LogP contribution in [0.4, 0.5) is 0 Å². The summed E-state index contributed by atoms with van der Waals surface area (Å²) in [7, 11) is 4.12. The third kappa shape index (κ3) is 13.7. The summed E-state index contributed by atoms with van der Waals surface area (Å²) in [6, 6.07) is 12.3. The van der Waals surface area contributed by atoms with Crippen LogP contribution >= 0.6 is 15.9 Å². The molecule has 0 heterocycles. The largest absolute Gasteiger partial charge is 0.494 e. The third-order valence-corrected chi connectivity index (χ3v) is 6.70. The van der Waals surface area contributed by atoms with Crippen molar-refractivity contribution in [3.05, 3.63) is 57.6 Å². The number of rotatable bonds is 20. The first kappa shape index (κ1) is 33.6. The number of halogens is 1. The second kappa shape index (κ2) is 19.5. The smallest absolute Gasteiger partial charge is 0.306 e. The molecule has 0 aliphatic carbocycles. The molecule has 2 aromatic carbocycles. The maximum atomic E-state index is 12.1. The zero-order valence-electron chi connectivity index (χ0n) is 24.6. The van der Waals surface area contributed by atoms with E-state index >= 15 is 0 Å². The lowest BCUT2D eigenvalue weighted by Crippen LogP contribution is -2.10. The van der Waals surface area contributed by atoms with Crippen LogP contribution in [0.25, 0.3) is 0 Å². The summed E-state index contributed by atoms with van der Waals surface area (Å²) < 4.78 is 23.2. The van der Waals surface area contributed by atoms with Crippen molar-refractivity contribution in [3.63, 3.8) is 0 Å². The number of hydrogen-bond donors (Lipinski definition) is 0. The predicted octanol–water partition coefficient (Wildman–Crippen LogP) is 6.91. The fourth-order valence-corrected chi connectivity index (χ4v) is 5.00. The summed E-state index contributed by atoms with van der Waals surface area (Å²) in [4.78, 5) is 25.8. The molecular weight excluding hydrogens is 574 g/mol. The Morgan fingerprint density at radius 3 is 2.23 bits per heavy atom. The van der Waals surface area contributed by atoms with E-state index < -0.39 is 0 Å². The predicted molar refractivity (Wildman–Crippen MR) is 162 cm³/mol. The molecule has 2 rings (SSSR count). The first-order valence-corrected chi connectivity index (χ1v) is 15.2. The van der Waals surface area contributed by atoms with E-state index in [2.05, 4.69) is 53.1 Å². The van der Waals surface area contributed by atoms with E-state index in [0.717, 1.165) is 60.2 Å². The molecule has 0 unspecified atom stereocenters. The molecule has 2 aromatic rings. The monoisotopic (exact) mass is 619 g/mol. The molecule has 0 aliphatic heterocycles. The summed E-state index contributed by atoms with van der Waals surface area (Å²) in [6.45, 7) is 6.36. The highest BCUT2D eigenvalue weighted by atomic mass is 79.9. The van der Waals surface area contributed by atoms with Gasteiger partial charge in [-0.1, -0.05) is 40.9 Å². The fourth-order valence-electron chi connectivity index (χ4n) is 4.48. The number of aryl methyl sites for hydroxylation is 1. The number of benzene rings is 2. The number of hydrogen-bond acceptors (Lipinski definition) is 7. The number of unbranched alkanes of at least 4 members (excludes halogenated alkanes) is 3. The minimum absolute atomic E-state index is 0.204. The average Bonchev–Trinajstić information content (AvgIpc) is 2.89. The van der Waals surface area contributed by atoms with E-state index in [9.17, 15) is 9.59 Å². The van der Waals surface area contributed by atoms with Crippen molar-refractivity contribution in [2.45, 2.75) is 78.2 Å². The van der Waals surface area contributed by atoms with Crippen molar-refractivity contribution in [1.29, 1.82) is 0 Å².